The molecule has 62 heavy (non-hydrogen) atoms. The number of piperidine rings is 1. The third-order valence-corrected chi connectivity index (χ3v) is 13.7. The zero-order valence-electron chi connectivity index (χ0n) is 36.2. The van der Waals surface area contributed by atoms with Crippen molar-refractivity contribution in [2.75, 3.05) is 32.7 Å². The molecule has 3 atom stereocenters. The van der Waals surface area contributed by atoms with Crippen molar-refractivity contribution in [3.05, 3.63) is 122 Å². The van der Waals surface area contributed by atoms with Crippen LogP contribution in [0, 0.1) is 23.7 Å². The van der Waals surface area contributed by atoms with Gasteiger partial charge in [-0.3, -0.25) is 23.9 Å². The van der Waals surface area contributed by atoms with E-state index in [9.17, 15) is 24.6 Å². The predicted molar refractivity (Wildman–Crippen MR) is 247 cm³/mol. The number of amides is 2. The van der Waals surface area contributed by atoms with E-state index in [1.165, 1.54) is 11.1 Å². The molecule has 2 saturated heterocycles. The quantitative estimate of drug-likeness (QED) is 0.0766. The van der Waals surface area contributed by atoms with Crippen LogP contribution < -0.4 is 10.9 Å². The van der Waals surface area contributed by atoms with Crippen molar-refractivity contribution in [1.29, 1.82) is 0 Å². The number of benzene rings is 3. The van der Waals surface area contributed by atoms with Gasteiger partial charge in [0.25, 0.3) is 5.56 Å². The SMILES string of the molecule is C/C=C(\O)C(C(=O)N1CCC(O)C1)C(C)C.CC(NC=O)c1ccc(-c2scnc2C#CCN2CCC(c3ccc4c(c3)C(C)(C)c3nc(=O)c5c(Cl)cccc5n3-4)CC2)cc1. The first-order valence-corrected chi connectivity index (χ1v) is 22.6. The molecule has 3 unspecified atom stereocenters. The monoisotopic (exact) mass is 874 g/mol. The summed E-state index contributed by atoms with van der Waals surface area (Å²) in [5, 5.41) is 22.8. The number of aromatic nitrogens is 3. The first-order chi connectivity index (χ1) is 29.7. The molecule has 3 aliphatic rings. The van der Waals surface area contributed by atoms with Gasteiger partial charge in [-0.25, -0.2) is 4.98 Å². The summed E-state index contributed by atoms with van der Waals surface area (Å²) < 4.78 is 2.11. The van der Waals surface area contributed by atoms with E-state index in [0.717, 1.165) is 71.1 Å². The maximum atomic E-state index is 13.0. The molecule has 2 fully saturated rings. The van der Waals surface area contributed by atoms with Crippen LogP contribution in [0.1, 0.15) is 101 Å². The van der Waals surface area contributed by atoms with Crippen LogP contribution in [0.3, 0.4) is 0 Å². The van der Waals surface area contributed by atoms with Crippen LogP contribution in [0.15, 0.2) is 82.8 Å². The van der Waals surface area contributed by atoms with Crippen molar-refractivity contribution in [3.8, 4) is 28.0 Å². The number of nitrogens with zero attached hydrogens (tertiary/aromatic N) is 5. The van der Waals surface area contributed by atoms with Gasteiger partial charge in [0, 0.05) is 13.1 Å². The summed E-state index contributed by atoms with van der Waals surface area (Å²) in [4.78, 5) is 50.1. The first-order valence-electron chi connectivity index (χ1n) is 21.4. The molecule has 3 aromatic carbocycles. The van der Waals surface area contributed by atoms with E-state index >= 15 is 0 Å². The van der Waals surface area contributed by atoms with E-state index in [2.05, 4.69) is 80.8 Å². The van der Waals surface area contributed by atoms with Crippen molar-refractivity contribution in [2.24, 2.45) is 11.8 Å². The van der Waals surface area contributed by atoms with Gasteiger partial charge in [0.05, 0.1) is 62.0 Å². The number of carbonyl (C=O) groups is 2. The molecule has 0 bridgehead atoms. The number of nitrogens with one attached hydrogen (secondary N) is 1. The van der Waals surface area contributed by atoms with Gasteiger partial charge in [-0.15, -0.1) is 11.3 Å². The van der Waals surface area contributed by atoms with Crippen LogP contribution in [0.2, 0.25) is 5.02 Å². The van der Waals surface area contributed by atoms with Crippen molar-refractivity contribution in [1.82, 2.24) is 29.7 Å². The van der Waals surface area contributed by atoms with Gasteiger partial charge in [-0.05, 0) is 124 Å². The molecule has 0 saturated carbocycles. The molecule has 5 heterocycles. The average molecular weight is 876 g/mol. The number of hydrogen-bond donors (Lipinski definition) is 3. The standard InChI is InChI=1S/C37H34ClN5O2S.C12H21NO3/c1-23(39-21-44)24-9-11-26(12-10-24)34-30(40-22-46-34)7-5-17-42-18-15-25(16-19-42)27-13-14-31-28(20-27)37(2,3)36-41-35(45)33-29(38)6-4-8-32(33)43(31)36;1-4-10(15)11(8(2)3)12(16)13-6-5-9(14)7-13/h4,6,8-14,20-23,25H,15-19H2,1-3H3,(H,39,44);4,8-9,11,14-15H,5-7H2,1-3H3/b;10-4-. The lowest BCUT2D eigenvalue weighted by molar-refractivity contribution is -0.135. The summed E-state index contributed by atoms with van der Waals surface area (Å²) in [6, 6.07) is 20.5. The normalized spacial score (nSPS) is 18.3. The number of fused-ring (bicyclic) bond motifs is 5. The van der Waals surface area contributed by atoms with Gasteiger partial charge in [0.1, 0.15) is 17.3 Å². The number of likely N-dealkylation sites (tertiary alicyclic amines) is 2. The Labute approximate surface area is 372 Å². The molecule has 5 aromatic rings. The maximum absolute atomic E-state index is 13.0. The molecule has 2 aromatic heterocycles. The van der Waals surface area contributed by atoms with E-state index in [0.29, 0.717) is 42.4 Å². The highest BCUT2D eigenvalue weighted by atomic mass is 35.5. The highest BCUT2D eigenvalue weighted by Crippen LogP contribution is 2.45. The third-order valence-electron chi connectivity index (χ3n) is 12.5. The van der Waals surface area contributed by atoms with E-state index < -0.39 is 17.4 Å². The minimum Gasteiger partial charge on any atom is -0.512 e. The Morgan fingerprint density at radius 1 is 1.06 bits per heavy atom. The van der Waals surface area contributed by atoms with Gasteiger partial charge in [0.15, 0.2) is 0 Å². The zero-order chi connectivity index (χ0) is 44.3. The Morgan fingerprint density at radius 3 is 2.47 bits per heavy atom. The zero-order valence-corrected chi connectivity index (χ0v) is 37.8. The van der Waals surface area contributed by atoms with E-state index in [1.54, 1.807) is 35.3 Å². The average Bonchev–Trinajstić information content (AvgIpc) is 3.98. The highest BCUT2D eigenvalue weighted by Gasteiger charge is 2.39. The fraction of sp³-hybridized carbons (Fsp3) is 0.408. The Bertz CT molecular complexity index is 2600. The number of hydrogen-bond acceptors (Lipinski definition) is 9. The molecule has 13 heteroatoms. The first kappa shape index (κ1) is 44.7. The number of aliphatic hydroxyl groups excluding tert-OH is 2. The van der Waals surface area contributed by atoms with Crippen molar-refractivity contribution < 1.29 is 19.8 Å². The summed E-state index contributed by atoms with van der Waals surface area (Å²) >= 11 is 8.02. The van der Waals surface area contributed by atoms with E-state index in [4.69, 9.17) is 11.6 Å². The molecule has 0 radical (unpaired) electrons. The second-order valence-electron chi connectivity index (χ2n) is 17.3. The Balaban J connectivity index is 0.000000306. The molecule has 3 N–H and O–H groups in total. The molecular formula is C49H55ClN6O5S. The molecule has 324 valence electrons. The van der Waals surface area contributed by atoms with Crippen molar-refractivity contribution in [3.63, 3.8) is 0 Å². The molecule has 2 amide bonds. The minimum atomic E-state index is -0.477. The fourth-order valence-corrected chi connectivity index (χ4v) is 9.91. The second-order valence-corrected chi connectivity index (χ2v) is 18.5. The van der Waals surface area contributed by atoms with Gasteiger partial charge in [0.2, 0.25) is 12.3 Å². The minimum absolute atomic E-state index is 0.0339. The largest absolute Gasteiger partial charge is 0.512 e. The van der Waals surface area contributed by atoms with Crippen molar-refractivity contribution in [2.45, 2.75) is 84.3 Å². The number of halogens is 1. The molecule has 11 nitrogen and oxygen atoms in total. The third kappa shape index (κ3) is 9.09. The topological polar surface area (TPSA) is 141 Å². The summed E-state index contributed by atoms with van der Waals surface area (Å²) in [5.41, 5.74) is 8.51. The highest BCUT2D eigenvalue weighted by molar-refractivity contribution is 7.13. The van der Waals surface area contributed by atoms with Crippen LogP contribution in [-0.4, -0.2) is 85.7 Å². The van der Waals surface area contributed by atoms with Gasteiger partial charge < -0.3 is 20.4 Å². The lowest BCUT2D eigenvalue weighted by Crippen LogP contribution is -2.38. The molecule has 0 aliphatic carbocycles. The maximum Gasteiger partial charge on any atom is 0.282 e. The number of rotatable bonds is 9. The number of thiazole rings is 1. The molecule has 3 aliphatic heterocycles. The van der Waals surface area contributed by atoms with Crippen LogP contribution in [-0.2, 0) is 15.0 Å². The van der Waals surface area contributed by atoms with E-state index in [1.807, 2.05) is 50.5 Å². The smallest absolute Gasteiger partial charge is 0.282 e. The Hall–Kier alpha value is -5.32. The van der Waals surface area contributed by atoms with Crippen LogP contribution >= 0.6 is 22.9 Å². The van der Waals surface area contributed by atoms with Crippen LogP contribution in [0.4, 0.5) is 0 Å². The number of β-amino-alcohol motifs (C(OH)–C–C–N with tert-alkyl or cyclic N) is 1. The number of carbonyl (C=O) groups excluding carboxylic acids is 2. The lowest BCUT2D eigenvalue weighted by atomic mass is 9.81. The Morgan fingerprint density at radius 2 is 1.81 bits per heavy atom. The van der Waals surface area contributed by atoms with Crippen LogP contribution in [0.5, 0.6) is 0 Å². The molecule has 8 rings (SSSR count). The Kier molecular flexibility index (Phi) is 13.7. The summed E-state index contributed by atoms with van der Waals surface area (Å²) in [7, 11) is 0. The fourth-order valence-electron chi connectivity index (χ4n) is 8.91. The van der Waals surface area contributed by atoms with Gasteiger partial charge in [-0.2, -0.15) is 4.98 Å². The number of allylic oxidation sites excluding steroid dienone is 1. The summed E-state index contributed by atoms with van der Waals surface area (Å²) in [6.45, 7) is 15.4. The van der Waals surface area contributed by atoms with Crippen LogP contribution in [0.25, 0.3) is 27.0 Å². The second kappa shape index (κ2) is 19.0. The summed E-state index contributed by atoms with van der Waals surface area (Å²) in [6.07, 6.45) is 4.64. The molecule has 0 spiro atoms. The van der Waals surface area contributed by atoms with Gasteiger partial charge >= 0.3 is 0 Å². The molecular weight excluding hydrogens is 820 g/mol. The summed E-state index contributed by atoms with van der Waals surface area (Å²) in [5.74, 6) is 7.54. The number of aliphatic hydroxyl groups is 2. The van der Waals surface area contributed by atoms with E-state index in [-0.39, 0.29) is 29.2 Å². The lowest BCUT2D eigenvalue weighted by Gasteiger charge is -2.31. The van der Waals surface area contributed by atoms with Gasteiger partial charge in [-0.1, -0.05) is 73.8 Å². The van der Waals surface area contributed by atoms with Crippen molar-refractivity contribution >= 4 is 46.2 Å². The predicted octanol–water partition coefficient (Wildman–Crippen LogP) is 8.15.